The van der Waals surface area contributed by atoms with Crippen molar-refractivity contribution in [3.63, 3.8) is 0 Å². The lowest BCUT2D eigenvalue weighted by atomic mass is 10.1. The Balaban J connectivity index is 4.17. The van der Waals surface area contributed by atoms with E-state index < -0.39 is 18.1 Å². The molecular weight excluding hydrogens is 823 g/mol. The van der Waals surface area contributed by atoms with E-state index in [1.165, 1.54) is 205 Å². The maximum Gasteiger partial charge on any atom is 0.362 e. The summed E-state index contributed by atoms with van der Waals surface area (Å²) in [5, 5.41) is 9.67. The minimum Gasteiger partial charge on any atom is -0.477 e. The average molecular weight is 934 g/mol. The first kappa shape index (κ1) is 63.8. The monoisotopic (exact) mass is 933 g/mol. The molecule has 0 bridgehead atoms. The molecule has 0 aromatic heterocycles. The molecule has 0 rings (SSSR count). The maximum atomic E-state index is 12.8. The van der Waals surface area contributed by atoms with Gasteiger partial charge in [0, 0.05) is 19.3 Å². The zero-order valence-corrected chi connectivity index (χ0v) is 44.4. The zero-order chi connectivity index (χ0) is 48.4. The average Bonchev–Trinajstić information content (AvgIpc) is 3.28. The van der Waals surface area contributed by atoms with E-state index in [0.29, 0.717) is 19.3 Å². The molecule has 0 amide bonds. The van der Waals surface area contributed by atoms with Crippen molar-refractivity contribution < 1.29 is 38.2 Å². The summed E-state index contributed by atoms with van der Waals surface area (Å²) in [4.78, 5) is 37.3. The summed E-state index contributed by atoms with van der Waals surface area (Å²) >= 11 is 0. The number of carbonyl (C=O) groups excluding carboxylic acids is 2. The van der Waals surface area contributed by atoms with Gasteiger partial charge in [0.2, 0.25) is 0 Å². The highest BCUT2D eigenvalue weighted by Gasteiger charge is 2.31. The maximum absolute atomic E-state index is 12.8. The highest BCUT2D eigenvalue weighted by atomic mass is 16.6. The Kier molecular flexibility index (Phi) is 47.6. The van der Waals surface area contributed by atoms with Crippen LogP contribution in [0.15, 0.2) is 24.3 Å². The van der Waals surface area contributed by atoms with Crippen molar-refractivity contribution in [1.29, 1.82) is 0 Å². The quantitative estimate of drug-likeness (QED) is 0.0281. The lowest BCUT2D eigenvalue weighted by Crippen LogP contribution is -2.50. The third kappa shape index (κ3) is 46.9. The molecule has 0 aromatic rings. The Morgan fingerprint density at radius 1 is 0.439 bits per heavy atom. The third-order valence-corrected chi connectivity index (χ3v) is 13.1. The van der Waals surface area contributed by atoms with Gasteiger partial charge < -0.3 is 23.8 Å². The number of carbonyl (C=O) groups is 3. The third-order valence-electron chi connectivity index (χ3n) is 13.1. The van der Waals surface area contributed by atoms with Crippen LogP contribution in [0.1, 0.15) is 277 Å². The van der Waals surface area contributed by atoms with Crippen LogP contribution < -0.4 is 0 Å². The van der Waals surface area contributed by atoms with Crippen LogP contribution in [-0.4, -0.2) is 80.6 Å². The van der Waals surface area contributed by atoms with E-state index in [4.69, 9.17) is 14.2 Å². The first-order valence-electron chi connectivity index (χ1n) is 28.4. The summed E-state index contributed by atoms with van der Waals surface area (Å²) < 4.78 is 17.4. The van der Waals surface area contributed by atoms with Crippen molar-refractivity contribution in [3.8, 4) is 0 Å². The second kappa shape index (κ2) is 49.2. The number of esters is 2. The molecule has 0 fully saturated rings. The fraction of sp³-hybridized carbons (Fsp3) is 0.879. The number of rotatable bonds is 52. The number of aliphatic carboxylic acids is 1. The van der Waals surface area contributed by atoms with Gasteiger partial charge in [-0.3, -0.25) is 9.59 Å². The number of hydrogen-bond donors (Lipinski definition) is 1. The van der Waals surface area contributed by atoms with Gasteiger partial charge in [0.1, 0.15) is 6.61 Å². The Hall–Kier alpha value is -2.19. The Morgan fingerprint density at radius 2 is 0.758 bits per heavy atom. The van der Waals surface area contributed by atoms with Crippen LogP contribution in [0.4, 0.5) is 0 Å². The topological polar surface area (TPSA) is 99.1 Å². The molecule has 2 atom stereocenters. The minimum absolute atomic E-state index is 0.0487. The predicted molar refractivity (Wildman–Crippen MR) is 280 cm³/mol. The van der Waals surface area contributed by atoms with Crippen LogP contribution in [0.25, 0.3) is 0 Å². The fourth-order valence-corrected chi connectivity index (χ4v) is 8.67. The van der Waals surface area contributed by atoms with E-state index in [1.807, 2.05) is 21.1 Å². The number of likely N-dealkylation sites (N-methyl/N-ethyl adjacent to an activating group) is 1. The van der Waals surface area contributed by atoms with Crippen LogP contribution in [0.3, 0.4) is 0 Å². The molecule has 8 heteroatoms. The number of ether oxygens (including phenoxy) is 3. The van der Waals surface area contributed by atoms with Gasteiger partial charge in [0.15, 0.2) is 12.1 Å². The molecule has 0 aliphatic heterocycles. The molecule has 0 heterocycles. The van der Waals surface area contributed by atoms with Gasteiger partial charge in [0.05, 0.1) is 34.4 Å². The van der Waals surface area contributed by atoms with E-state index in [-0.39, 0.29) is 36.2 Å². The number of quaternary nitrogens is 1. The second-order valence-corrected chi connectivity index (χ2v) is 20.5. The standard InChI is InChI=1S/C58H109NO7/c1-6-8-10-12-14-16-18-20-22-24-26-28-30-32-34-36-38-40-42-44-46-48-56(60)65-53-54(52-64-51-50-55(58(62)63)59(3,4)5)66-57(61)49-47-45-43-41-39-37-35-33-31-29-27-25-23-21-19-17-15-13-11-9-7-2/h24-27,54-55H,6-23,28-53H2,1-5H3/p+1/b26-24-,27-25-. The highest BCUT2D eigenvalue weighted by molar-refractivity contribution is 5.72. The Labute approximate surface area is 409 Å². The summed E-state index contributed by atoms with van der Waals surface area (Å²) in [5.74, 6) is -1.45. The molecule has 0 aliphatic carbocycles. The minimum atomic E-state index is -0.872. The molecule has 0 radical (unpaired) electrons. The number of hydrogen-bond acceptors (Lipinski definition) is 6. The van der Waals surface area contributed by atoms with Gasteiger partial charge in [-0.05, 0) is 64.2 Å². The van der Waals surface area contributed by atoms with Crippen LogP contribution >= 0.6 is 0 Å². The zero-order valence-electron chi connectivity index (χ0n) is 44.4. The highest BCUT2D eigenvalue weighted by Crippen LogP contribution is 2.16. The molecule has 0 spiro atoms. The number of unbranched alkanes of at least 4 members (excludes halogenated alkanes) is 34. The molecular formula is C58H110NO7+. The van der Waals surface area contributed by atoms with Crippen LogP contribution in [0.2, 0.25) is 0 Å². The van der Waals surface area contributed by atoms with Crippen LogP contribution in [-0.2, 0) is 28.6 Å². The first-order chi connectivity index (χ1) is 32.1. The molecule has 1 N–H and O–H groups in total. The van der Waals surface area contributed by atoms with Gasteiger partial charge in [-0.2, -0.15) is 0 Å². The molecule has 0 saturated carbocycles. The van der Waals surface area contributed by atoms with Crippen molar-refractivity contribution in [3.05, 3.63) is 24.3 Å². The number of nitrogens with zero attached hydrogens (tertiary/aromatic N) is 1. The number of carboxylic acid groups (broad SMARTS) is 1. The molecule has 0 aromatic carbocycles. The molecule has 2 unspecified atom stereocenters. The van der Waals surface area contributed by atoms with E-state index >= 15 is 0 Å². The van der Waals surface area contributed by atoms with Gasteiger partial charge in [-0.15, -0.1) is 0 Å². The van der Waals surface area contributed by atoms with Gasteiger partial charge >= 0.3 is 17.9 Å². The molecule has 66 heavy (non-hydrogen) atoms. The van der Waals surface area contributed by atoms with E-state index in [2.05, 4.69) is 38.2 Å². The summed E-state index contributed by atoms with van der Waals surface area (Å²) in [6.07, 6.45) is 58.1. The van der Waals surface area contributed by atoms with Crippen molar-refractivity contribution >= 4 is 17.9 Å². The van der Waals surface area contributed by atoms with Crippen LogP contribution in [0, 0.1) is 0 Å². The normalized spacial score (nSPS) is 12.9. The SMILES string of the molecule is CCCCCCCCCC/C=C\CCCCCCCCCCCC(=O)OCC(COCCC(C(=O)O)[N+](C)(C)C)OC(=O)CCCCCCCCCCC/C=C\CCCCCCCCCC. The fourth-order valence-electron chi connectivity index (χ4n) is 8.67. The van der Waals surface area contributed by atoms with E-state index in [0.717, 1.165) is 38.5 Å². The summed E-state index contributed by atoms with van der Waals surface area (Å²) in [5.41, 5.74) is 0. The molecule has 0 saturated heterocycles. The van der Waals surface area contributed by atoms with Gasteiger partial charge in [-0.1, -0.05) is 218 Å². The molecule has 8 nitrogen and oxygen atoms in total. The van der Waals surface area contributed by atoms with E-state index in [1.54, 1.807) is 0 Å². The second-order valence-electron chi connectivity index (χ2n) is 20.5. The first-order valence-corrected chi connectivity index (χ1v) is 28.4. The van der Waals surface area contributed by atoms with Crippen molar-refractivity contribution in [2.45, 2.75) is 289 Å². The lowest BCUT2D eigenvalue weighted by molar-refractivity contribution is -0.887. The largest absolute Gasteiger partial charge is 0.477 e. The van der Waals surface area contributed by atoms with Crippen molar-refractivity contribution in [2.75, 3.05) is 41.0 Å². The molecule has 0 aliphatic rings. The Bertz CT molecular complexity index is 1130. The van der Waals surface area contributed by atoms with Gasteiger partial charge in [0.25, 0.3) is 0 Å². The van der Waals surface area contributed by atoms with E-state index in [9.17, 15) is 19.5 Å². The summed E-state index contributed by atoms with van der Waals surface area (Å²) in [6, 6.07) is -0.614. The smallest absolute Gasteiger partial charge is 0.362 e. The number of carboxylic acids is 1. The summed E-state index contributed by atoms with van der Waals surface area (Å²) in [7, 11) is 5.55. The van der Waals surface area contributed by atoms with Crippen molar-refractivity contribution in [2.24, 2.45) is 0 Å². The van der Waals surface area contributed by atoms with Crippen LogP contribution in [0.5, 0.6) is 0 Å². The van der Waals surface area contributed by atoms with Gasteiger partial charge in [-0.25, -0.2) is 4.79 Å². The number of allylic oxidation sites excluding steroid dienone is 4. The van der Waals surface area contributed by atoms with Crippen molar-refractivity contribution in [1.82, 2.24) is 0 Å². The lowest BCUT2D eigenvalue weighted by Gasteiger charge is -2.31. The Morgan fingerprint density at radius 3 is 1.09 bits per heavy atom. The predicted octanol–water partition coefficient (Wildman–Crippen LogP) is 16.8. The molecule has 388 valence electrons. The summed E-state index contributed by atoms with van der Waals surface area (Å²) in [6.45, 7) is 4.78.